The molecule has 0 radical (unpaired) electrons. The Balaban J connectivity index is 1.76. The van der Waals surface area contributed by atoms with E-state index in [1.165, 1.54) is 0 Å². The van der Waals surface area contributed by atoms with Gasteiger partial charge in [0.05, 0.1) is 0 Å². The predicted octanol–water partition coefficient (Wildman–Crippen LogP) is 2.80. The Kier molecular flexibility index (Phi) is 8.21. The van der Waals surface area contributed by atoms with Crippen LogP contribution in [0.25, 0.3) is 0 Å². The Morgan fingerprint density at radius 3 is 2.00 bits per heavy atom. The molecule has 1 saturated carbocycles. The number of Topliss-reactive ketones (excluding diaryl/α,β-unsaturated/α-hetero) is 1. The number of amides is 3. The van der Waals surface area contributed by atoms with Crippen molar-refractivity contribution in [3.63, 3.8) is 0 Å². The van der Waals surface area contributed by atoms with Crippen molar-refractivity contribution in [3.8, 4) is 0 Å². The summed E-state index contributed by atoms with van der Waals surface area (Å²) in [4.78, 5) is 51.6. The Morgan fingerprint density at radius 2 is 1.44 bits per heavy atom. The zero-order valence-electron chi connectivity index (χ0n) is 20.0. The monoisotopic (exact) mass is 463 g/mol. The Bertz CT molecular complexity index is 1010. The lowest BCUT2D eigenvalue weighted by Crippen LogP contribution is -2.56. The first-order valence-electron chi connectivity index (χ1n) is 11.7. The summed E-state index contributed by atoms with van der Waals surface area (Å²) in [5.74, 6) is -1.92. The second-order valence-corrected chi connectivity index (χ2v) is 9.89. The lowest BCUT2D eigenvalue weighted by molar-refractivity contribution is -0.141. The van der Waals surface area contributed by atoms with Crippen LogP contribution in [0.4, 0.5) is 0 Å². The van der Waals surface area contributed by atoms with E-state index >= 15 is 0 Å². The number of hydrogen-bond donors (Lipinski definition) is 3. The third-order valence-electron chi connectivity index (χ3n) is 5.55. The van der Waals surface area contributed by atoms with Crippen LogP contribution in [0.1, 0.15) is 56.0 Å². The Labute approximate surface area is 200 Å². The summed E-state index contributed by atoms with van der Waals surface area (Å²) in [6.45, 7) is 5.36. The highest BCUT2D eigenvalue weighted by molar-refractivity contribution is 6.38. The van der Waals surface area contributed by atoms with Gasteiger partial charge in [-0.05, 0) is 50.8 Å². The van der Waals surface area contributed by atoms with Gasteiger partial charge in [-0.25, -0.2) is 0 Å². The molecule has 0 heterocycles. The number of carbonyl (C=O) groups is 4. The molecule has 3 rings (SSSR count). The van der Waals surface area contributed by atoms with E-state index in [0.717, 1.165) is 18.4 Å². The first-order valence-corrected chi connectivity index (χ1v) is 11.7. The molecular formula is C27H33N3O4. The molecule has 7 heteroatoms. The first kappa shape index (κ1) is 25.1. The highest BCUT2D eigenvalue weighted by atomic mass is 16.2. The zero-order valence-corrected chi connectivity index (χ0v) is 20.0. The van der Waals surface area contributed by atoms with Crippen LogP contribution < -0.4 is 16.0 Å². The molecule has 0 bridgehead atoms. The average molecular weight is 464 g/mol. The van der Waals surface area contributed by atoms with Crippen LogP contribution in [0.15, 0.2) is 60.7 Å². The van der Waals surface area contributed by atoms with Crippen LogP contribution in [-0.2, 0) is 20.8 Å². The van der Waals surface area contributed by atoms with E-state index in [1.54, 1.807) is 45.0 Å². The largest absolute Gasteiger partial charge is 0.345 e. The molecule has 1 fully saturated rings. The SMILES string of the molecule is CC(C)(C)NC(=O)C(=O)C(Cc1ccccc1)NC(=O)[C@H](CC1CC1)NC(=O)c1ccccc1. The number of rotatable bonds is 10. The molecule has 2 aromatic carbocycles. The Morgan fingerprint density at radius 1 is 0.853 bits per heavy atom. The molecule has 0 aromatic heterocycles. The quantitative estimate of drug-likeness (QED) is 0.471. The van der Waals surface area contributed by atoms with Gasteiger partial charge in [0.25, 0.3) is 11.8 Å². The molecule has 7 nitrogen and oxygen atoms in total. The van der Waals surface area contributed by atoms with Crippen molar-refractivity contribution in [2.24, 2.45) is 5.92 Å². The van der Waals surface area contributed by atoms with E-state index in [-0.39, 0.29) is 12.3 Å². The van der Waals surface area contributed by atoms with Gasteiger partial charge in [0.2, 0.25) is 11.7 Å². The van der Waals surface area contributed by atoms with E-state index in [9.17, 15) is 19.2 Å². The van der Waals surface area contributed by atoms with Gasteiger partial charge in [-0.3, -0.25) is 19.2 Å². The molecule has 0 aliphatic heterocycles. The molecule has 3 N–H and O–H groups in total. The molecule has 1 aliphatic carbocycles. The molecule has 1 aliphatic rings. The molecule has 3 amide bonds. The lowest BCUT2D eigenvalue weighted by atomic mass is 9.99. The highest BCUT2D eigenvalue weighted by Crippen LogP contribution is 2.33. The van der Waals surface area contributed by atoms with Crippen molar-refractivity contribution >= 4 is 23.5 Å². The van der Waals surface area contributed by atoms with Crippen molar-refractivity contribution in [1.82, 2.24) is 16.0 Å². The summed E-state index contributed by atoms with van der Waals surface area (Å²) >= 11 is 0. The fraction of sp³-hybridized carbons (Fsp3) is 0.407. The third kappa shape index (κ3) is 7.83. The number of nitrogens with one attached hydrogen (secondary N) is 3. The fourth-order valence-corrected chi connectivity index (χ4v) is 3.64. The highest BCUT2D eigenvalue weighted by Gasteiger charge is 2.34. The van der Waals surface area contributed by atoms with Crippen LogP contribution in [0.5, 0.6) is 0 Å². The van der Waals surface area contributed by atoms with Gasteiger partial charge in [0.15, 0.2) is 0 Å². The van der Waals surface area contributed by atoms with E-state index in [2.05, 4.69) is 16.0 Å². The van der Waals surface area contributed by atoms with Crippen LogP contribution >= 0.6 is 0 Å². The number of carbonyl (C=O) groups excluding carboxylic acids is 4. The minimum Gasteiger partial charge on any atom is -0.345 e. The number of hydrogen-bond acceptors (Lipinski definition) is 4. The molecule has 180 valence electrons. The second kappa shape index (κ2) is 11.1. The smallest absolute Gasteiger partial charge is 0.290 e. The molecule has 0 saturated heterocycles. The van der Waals surface area contributed by atoms with E-state index in [0.29, 0.717) is 17.9 Å². The zero-order chi connectivity index (χ0) is 24.7. The van der Waals surface area contributed by atoms with Crippen LogP contribution in [-0.4, -0.2) is 41.1 Å². The van der Waals surface area contributed by atoms with Crippen molar-refractivity contribution in [3.05, 3.63) is 71.8 Å². The summed E-state index contributed by atoms with van der Waals surface area (Å²) < 4.78 is 0. The summed E-state index contributed by atoms with van der Waals surface area (Å²) in [5.41, 5.74) is 0.681. The Hall–Kier alpha value is -3.48. The number of ketones is 1. The fourth-order valence-electron chi connectivity index (χ4n) is 3.64. The maximum Gasteiger partial charge on any atom is 0.290 e. The lowest BCUT2D eigenvalue weighted by Gasteiger charge is -2.25. The normalized spacial score (nSPS) is 15.0. The van der Waals surface area contributed by atoms with Gasteiger partial charge in [-0.1, -0.05) is 61.4 Å². The summed E-state index contributed by atoms with van der Waals surface area (Å²) in [7, 11) is 0. The van der Waals surface area contributed by atoms with Crippen LogP contribution in [0.2, 0.25) is 0 Å². The van der Waals surface area contributed by atoms with Gasteiger partial charge in [0, 0.05) is 17.5 Å². The topological polar surface area (TPSA) is 104 Å². The summed E-state index contributed by atoms with van der Waals surface area (Å²) in [5, 5.41) is 8.25. The van der Waals surface area contributed by atoms with Gasteiger partial charge < -0.3 is 16.0 Å². The molecule has 1 unspecified atom stereocenters. The standard InChI is InChI=1S/C27H33N3O4/c1-27(2,3)30-26(34)23(31)21(16-18-10-6-4-7-11-18)28-25(33)22(17-19-14-15-19)29-24(32)20-12-8-5-9-13-20/h4-13,19,21-22H,14-17H2,1-3H3,(H,28,33)(H,29,32)(H,30,34)/t21?,22-/m0/s1. The van der Waals surface area contributed by atoms with Crippen LogP contribution in [0, 0.1) is 5.92 Å². The maximum atomic E-state index is 13.3. The van der Waals surface area contributed by atoms with E-state index in [4.69, 9.17) is 0 Å². The van der Waals surface area contributed by atoms with E-state index < -0.39 is 35.2 Å². The third-order valence-corrected chi connectivity index (χ3v) is 5.55. The van der Waals surface area contributed by atoms with E-state index in [1.807, 2.05) is 36.4 Å². The minimum atomic E-state index is -1.05. The van der Waals surface area contributed by atoms with Crippen molar-refractivity contribution < 1.29 is 19.2 Å². The maximum absolute atomic E-state index is 13.3. The molecule has 34 heavy (non-hydrogen) atoms. The molecule has 0 spiro atoms. The van der Waals surface area contributed by atoms with Gasteiger partial charge in [-0.15, -0.1) is 0 Å². The predicted molar refractivity (Wildman–Crippen MR) is 130 cm³/mol. The van der Waals surface area contributed by atoms with Crippen molar-refractivity contribution in [2.45, 2.75) is 64.1 Å². The number of benzene rings is 2. The minimum absolute atomic E-state index is 0.172. The summed E-state index contributed by atoms with van der Waals surface area (Å²) in [6.07, 6.45) is 2.67. The van der Waals surface area contributed by atoms with Gasteiger partial charge in [-0.2, -0.15) is 0 Å². The van der Waals surface area contributed by atoms with Crippen LogP contribution in [0.3, 0.4) is 0 Å². The van der Waals surface area contributed by atoms with Gasteiger partial charge >= 0.3 is 0 Å². The van der Waals surface area contributed by atoms with Gasteiger partial charge in [0.1, 0.15) is 12.1 Å². The average Bonchev–Trinajstić information content (AvgIpc) is 3.62. The molecular weight excluding hydrogens is 430 g/mol. The second-order valence-electron chi connectivity index (χ2n) is 9.89. The molecule has 2 atom stereocenters. The summed E-state index contributed by atoms with van der Waals surface area (Å²) in [6, 6.07) is 16.1. The van der Waals surface area contributed by atoms with Crippen molar-refractivity contribution in [2.75, 3.05) is 0 Å². The van der Waals surface area contributed by atoms with Crippen molar-refractivity contribution in [1.29, 1.82) is 0 Å². The first-order chi connectivity index (χ1) is 16.1. The molecule has 2 aromatic rings.